The van der Waals surface area contributed by atoms with E-state index in [-0.39, 0.29) is 18.1 Å². The molecule has 2 aliphatic rings. The molecule has 0 N–H and O–H groups in total. The molecule has 102 valence electrons. The maximum atomic E-state index is 12.7. The Hall–Kier alpha value is -0.870. The van der Waals surface area contributed by atoms with E-state index in [4.69, 9.17) is 4.74 Å². The molecule has 19 heavy (non-hydrogen) atoms. The Morgan fingerprint density at radius 3 is 3.00 bits per heavy atom. The number of hydrogen-bond acceptors (Lipinski definition) is 2. The van der Waals surface area contributed by atoms with Gasteiger partial charge in [-0.2, -0.15) is 0 Å². The molecule has 1 aliphatic heterocycles. The Labute approximate surface area is 122 Å². The average Bonchev–Trinajstić information content (AvgIpc) is 2.46. The molecule has 0 bridgehead atoms. The average molecular weight is 324 g/mol. The maximum absolute atomic E-state index is 12.7. The van der Waals surface area contributed by atoms with Crippen LogP contribution in [-0.4, -0.2) is 36.1 Å². The summed E-state index contributed by atoms with van der Waals surface area (Å²) in [5, 5.41) is 0. The predicted octanol–water partition coefficient (Wildman–Crippen LogP) is 3.23. The molecule has 1 aromatic carbocycles. The van der Waals surface area contributed by atoms with Crippen molar-refractivity contribution in [3.8, 4) is 0 Å². The topological polar surface area (TPSA) is 29.5 Å². The van der Waals surface area contributed by atoms with Gasteiger partial charge in [-0.3, -0.25) is 4.79 Å². The lowest BCUT2D eigenvalue weighted by Gasteiger charge is -2.43. The number of rotatable bonds is 1. The van der Waals surface area contributed by atoms with Crippen molar-refractivity contribution in [1.82, 2.24) is 4.90 Å². The SMILES string of the molecule is O=C(c1cccc(Br)c1)N1CCOC2CCCCC21. The van der Waals surface area contributed by atoms with E-state index in [0.29, 0.717) is 13.2 Å². The minimum Gasteiger partial charge on any atom is -0.374 e. The fourth-order valence-electron chi connectivity index (χ4n) is 3.14. The lowest BCUT2D eigenvalue weighted by Crippen LogP contribution is -2.54. The number of fused-ring (bicyclic) bond motifs is 1. The quantitative estimate of drug-likeness (QED) is 0.794. The molecular weight excluding hydrogens is 306 g/mol. The van der Waals surface area contributed by atoms with E-state index < -0.39 is 0 Å². The smallest absolute Gasteiger partial charge is 0.254 e. The zero-order valence-corrected chi connectivity index (χ0v) is 12.4. The molecule has 1 heterocycles. The van der Waals surface area contributed by atoms with E-state index in [1.807, 2.05) is 29.2 Å². The zero-order valence-electron chi connectivity index (χ0n) is 10.8. The van der Waals surface area contributed by atoms with Crippen LogP contribution in [0.2, 0.25) is 0 Å². The molecule has 3 rings (SSSR count). The molecule has 3 nitrogen and oxygen atoms in total. The first-order chi connectivity index (χ1) is 9.25. The number of carbonyl (C=O) groups is 1. The molecule has 0 spiro atoms. The standard InChI is InChI=1S/C15H18BrNO2/c16-12-5-3-4-11(10-12)15(18)17-8-9-19-14-7-2-1-6-13(14)17/h3-5,10,13-14H,1-2,6-9H2. The lowest BCUT2D eigenvalue weighted by atomic mass is 9.89. The third-order valence-electron chi connectivity index (χ3n) is 4.06. The largest absolute Gasteiger partial charge is 0.374 e. The Balaban J connectivity index is 1.82. The van der Waals surface area contributed by atoms with Gasteiger partial charge in [-0.1, -0.05) is 34.8 Å². The second-order valence-corrected chi connectivity index (χ2v) is 6.19. The highest BCUT2D eigenvalue weighted by molar-refractivity contribution is 9.10. The van der Waals surface area contributed by atoms with Crippen LogP contribution in [0.1, 0.15) is 36.0 Å². The van der Waals surface area contributed by atoms with Crippen LogP contribution in [-0.2, 0) is 4.74 Å². The van der Waals surface area contributed by atoms with Crippen LogP contribution in [0.5, 0.6) is 0 Å². The van der Waals surface area contributed by atoms with E-state index in [2.05, 4.69) is 15.9 Å². The van der Waals surface area contributed by atoms with Gasteiger partial charge >= 0.3 is 0 Å². The van der Waals surface area contributed by atoms with Crippen molar-refractivity contribution in [3.05, 3.63) is 34.3 Å². The van der Waals surface area contributed by atoms with E-state index in [9.17, 15) is 4.79 Å². The molecule has 1 saturated heterocycles. The highest BCUT2D eigenvalue weighted by atomic mass is 79.9. The first kappa shape index (κ1) is 13.1. The fraction of sp³-hybridized carbons (Fsp3) is 0.533. The Morgan fingerprint density at radius 1 is 1.32 bits per heavy atom. The van der Waals surface area contributed by atoms with Gasteiger partial charge in [0.1, 0.15) is 0 Å². The van der Waals surface area contributed by atoms with Gasteiger partial charge < -0.3 is 9.64 Å². The number of morpholine rings is 1. The molecule has 1 aromatic rings. The Kier molecular flexibility index (Phi) is 3.89. The summed E-state index contributed by atoms with van der Waals surface area (Å²) in [5.41, 5.74) is 0.764. The number of halogens is 1. The van der Waals surface area contributed by atoms with Crippen LogP contribution in [0.25, 0.3) is 0 Å². The van der Waals surface area contributed by atoms with Gasteiger partial charge in [0.05, 0.1) is 18.8 Å². The van der Waals surface area contributed by atoms with Crippen LogP contribution in [0.15, 0.2) is 28.7 Å². The van der Waals surface area contributed by atoms with Crippen LogP contribution in [0.4, 0.5) is 0 Å². The minimum absolute atomic E-state index is 0.140. The summed E-state index contributed by atoms with van der Waals surface area (Å²) in [6.07, 6.45) is 4.84. The van der Waals surface area contributed by atoms with Crippen molar-refractivity contribution < 1.29 is 9.53 Å². The van der Waals surface area contributed by atoms with Crippen LogP contribution in [0.3, 0.4) is 0 Å². The molecule has 1 aliphatic carbocycles. The maximum Gasteiger partial charge on any atom is 0.254 e. The molecule has 2 atom stereocenters. The summed E-state index contributed by atoms with van der Waals surface area (Å²) in [7, 11) is 0. The Morgan fingerprint density at radius 2 is 2.16 bits per heavy atom. The summed E-state index contributed by atoms with van der Waals surface area (Å²) < 4.78 is 6.77. The first-order valence-electron chi connectivity index (χ1n) is 6.94. The highest BCUT2D eigenvalue weighted by Gasteiger charge is 2.36. The summed E-state index contributed by atoms with van der Waals surface area (Å²) in [4.78, 5) is 14.7. The second-order valence-electron chi connectivity index (χ2n) is 5.27. The summed E-state index contributed by atoms with van der Waals surface area (Å²) >= 11 is 3.43. The van der Waals surface area contributed by atoms with Crippen LogP contribution in [0, 0.1) is 0 Å². The monoisotopic (exact) mass is 323 g/mol. The van der Waals surface area contributed by atoms with Crippen LogP contribution < -0.4 is 0 Å². The third kappa shape index (κ3) is 2.70. The number of ether oxygens (including phenoxy) is 1. The number of carbonyl (C=O) groups excluding carboxylic acids is 1. The summed E-state index contributed by atoms with van der Waals surface area (Å²) in [5.74, 6) is 0.140. The summed E-state index contributed by atoms with van der Waals surface area (Å²) in [6.45, 7) is 1.38. The minimum atomic E-state index is 0.140. The van der Waals surface area contributed by atoms with Gasteiger partial charge in [0.25, 0.3) is 5.91 Å². The van der Waals surface area contributed by atoms with Gasteiger partial charge in [-0.25, -0.2) is 0 Å². The molecule has 0 radical (unpaired) electrons. The number of nitrogens with zero attached hydrogens (tertiary/aromatic N) is 1. The van der Waals surface area contributed by atoms with Crippen molar-refractivity contribution in [3.63, 3.8) is 0 Å². The van der Waals surface area contributed by atoms with Crippen LogP contribution >= 0.6 is 15.9 Å². The molecule has 0 aromatic heterocycles. The molecule has 1 saturated carbocycles. The van der Waals surface area contributed by atoms with Crippen molar-refractivity contribution >= 4 is 21.8 Å². The van der Waals surface area contributed by atoms with Gasteiger partial charge in [0.2, 0.25) is 0 Å². The van der Waals surface area contributed by atoms with E-state index in [1.54, 1.807) is 0 Å². The van der Waals surface area contributed by atoms with E-state index in [0.717, 1.165) is 22.9 Å². The van der Waals surface area contributed by atoms with Crippen molar-refractivity contribution in [2.75, 3.05) is 13.2 Å². The zero-order chi connectivity index (χ0) is 13.2. The van der Waals surface area contributed by atoms with Crippen molar-refractivity contribution in [1.29, 1.82) is 0 Å². The number of benzene rings is 1. The van der Waals surface area contributed by atoms with Gasteiger partial charge in [0, 0.05) is 16.6 Å². The summed E-state index contributed by atoms with van der Waals surface area (Å²) in [6, 6.07) is 7.92. The molecule has 4 heteroatoms. The Bertz CT molecular complexity index is 475. The lowest BCUT2D eigenvalue weighted by molar-refractivity contribution is -0.0752. The third-order valence-corrected chi connectivity index (χ3v) is 4.56. The molecule has 2 fully saturated rings. The fourth-order valence-corrected chi connectivity index (χ4v) is 3.54. The molecule has 1 amide bonds. The van der Waals surface area contributed by atoms with E-state index in [1.165, 1.54) is 12.8 Å². The van der Waals surface area contributed by atoms with Crippen molar-refractivity contribution in [2.24, 2.45) is 0 Å². The predicted molar refractivity (Wildman–Crippen MR) is 77.2 cm³/mol. The second kappa shape index (κ2) is 5.63. The van der Waals surface area contributed by atoms with Gasteiger partial charge in [-0.15, -0.1) is 0 Å². The highest BCUT2D eigenvalue weighted by Crippen LogP contribution is 2.29. The first-order valence-corrected chi connectivity index (χ1v) is 7.73. The molecular formula is C15H18BrNO2. The van der Waals surface area contributed by atoms with E-state index >= 15 is 0 Å². The molecule has 2 unspecified atom stereocenters. The van der Waals surface area contributed by atoms with Crippen molar-refractivity contribution in [2.45, 2.75) is 37.8 Å². The number of hydrogen-bond donors (Lipinski definition) is 0. The number of amides is 1. The normalized spacial score (nSPS) is 26.9. The van der Waals surface area contributed by atoms with Gasteiger partial charge in [0.15, 0.2) is 0 Å². The van der Waals surface area contributed by atoms with Gasteiger partial charge in [-0.05, 0) is 31.0 Å².